The molecule has 0 aromatic heterocycles. The van der Waals surface area contributed by atoms with E-state index in [1.807, 2.05) is 0 Å². The summed E-state index contributed by atoms with van der Waals surface area (Å²) in [6.07, 6.45) is 19.4. The van der Waals surface area contributed by atoms with Crippen LogP contribution in [0, 0.1) is 5.92 Å². The third-order valence-electron chi connectivity index (χ3n) is 4.98. The summed E-state index contributed by atoms with van der Waals surface area (Å²) >= 11 is 3.46. The number of hydrogen-bond acceptors (Lipinski definition) is 2. The van der Waals surface area contributed by atoms with E-state index in [4.69, 9.17) is 4.74 Å². The molecule has 0 rings (SSSR count). The Labute approximate surface area is 166 Å². The van der Waals surface area contributed by atoms with Crippen LogP contribution in [0.1, 0.15) is 117 Å². The number of carbonyl (C=O) groups excluding carboxylic acids is 1. The second kappa shape index (κ2) is 20.3. The first-order valence-corrected chi connectivity index (χ1v) is 12.1. The molecule has 0 aliphatic heterocycles. The molecule has 0 fully saturated rings. The van der Waals surface area contributed by atoms with Crippen LogP contribution in [-0.2, 0) is 9.53 Å². The monoisotopic (exact) mass is 418 g/mol. The van der Waals surface area contributed by atoms with Gasteiger partial charge in [0.2, 0.25) is 0 Å². The predicted molar refractivity (Wildman–Crippen MR) is 113 cm³/mol. The molecule has 150 valence electrons. The van der Waals surface area contributed by atoms with Crippen LogP contribution in [0.4, 0.5) is 0 Å². The van der Waals surface area contributed by atoms with Crippen LogP contribution in [0.5, 0.6) is 0 Å². The number of halogens is 1. The zero-order valence-electron chi connectivity index (χ0n) is 17.0. The molecule has 0 N–H and O–H groups in total. The largest absolute Gasteiger partial charge is 0.466 e. The first-order valence-electron chi connectivity index (χ1n) is 11.0. The molecular weight excluding hydrogens is 376 g/mol. The number of alkyl halides is 1. The minimum atomic E-state index is 0.0234. The molecule has 0 spiro atoms. The third-order valence-corrected chi connectivity index (χ3v) is 5.54. The minimum Gasteiger partial charge on any atom is -0.466 e. The molecule has 0 aromatic carbocycles. The highest BCUT2D eigenvalue weighted by Gasteiger charge is 2.12. The second-order valence-corrected chi connectivity index (χ2v) is 8.22. The van der Waals surface area contributed by atoms with Crippen LogP contribution < -0.4 is 0 Å². The Kier molecular flexibility index (Phi) is 20.2. The first kappa shape index (κ1) is 24.9. The van der Waals surface area contributed by atoms with Crippen molar-refractivity contribution < 1.29 is 9.53 Å². The normalized spacial score (nSPS) is 11.2. The maximum atomic E-state index is 12.0. The van der Waals surface area contributed by atoms with Gasteiger partial charge in [-0.05, 0) is 25.2 Å². The molecule has 0 bridgehead atoms. The summed E-state index contributed by atoms with van der Waals surface area (Å²) < 4.78 is 5.42. The lowest BCUT2D eigenvalue weighted by atomic mass is 9.91. The van der Waals surface area contributed by atoms with E-state index in [9.17, 15) is 4.79 Å². The number of ether oxygens (including phenoxy) is 1. The molecule has 0 aliphatic carbocycles. The Morgan fingerprint density at radius 2 is 1.32 bits per heavy atom. The lowest BCUT2D eigenvalue weighted by molar-refractivity contribution is -0.144. The number of rotatable bonds is 19. The molecule has 0 saturated heterocycles. The summed E-state index contributed by atoms with van der Waals surface area (Å²) in [6, 6.07) is 0. The molecule has 25 heavy (non-hydrogen) atoms. The van der Waals surface area contributed by atoms with Gasteiger partial charge >= 0.3 is 5.97 Å². The van der Waals surface area contributed by atoms with E-state index in [-0.39, 0.29) is 5.97 Å². The SMILES string of the molecule is CCCCCC(CCCCC)CCC(=O)OCCCCCCCCBr. The quantitative estimate of drug-likeness (QED) is 0.121. The molecule has 3 heteroatoms. The van der Waals surface area contributed by atoms with Crippen LogP contribution in [0.2, 0.25) is 0 Å². The fraction of sp³-hybridized carbons (Fsp3) is 0.955. The van der Waals surface area contributed by atoms with Crippen molar-refractivity contribution in [2.45, 2.75) is 117 Å². The summed E-state index contributed by atoms with van der Waals surface area (Å²) in [6.45, 7) is 5.13. The van der Waals surface area contributed by atoms with Crippen molar-refractivity contribution in [3.8, 4) is 0 Å². The maximum Gasteiger partial charge on any atom is 0.305 e. The summed E-state index contributed by atoms with van der Waals surface area (Å²) in [4.78, 5) is 12.0. The van der Waals surface area contributed by atoms with E-state index in [1.165, 1.54) is 83.5 Å². The number of esters is 1. The van der Waals surface area contributed by atoms with Crippen molar-refractivity contribution in [1.29, 1.82) is 0 Å². The van der Waals surface area contributed by atoms with Crippen molar-refractivity contribution >= 4 is 21.9 Å². The number of carbonyl (C=O) groups is 1. The number of unbranched alkanes of at least 4 members (excludes halogenated alkanes) is 9. The van der Waals surface area contributed by atoms with Gasteiger partial charge in [0.25, 0.3) is 0 Å². The van der Waals surface area contributed by atoms with Gasteiger partial charge in [0, 0.05) is 11.8 Å². The average Bonchev–Trinajstić information content (AvgIpc) is 2.61. The summed E-state index contributed by atoms with van der Waals surface area (Å²) in [5.74, 6) is 0.746. The van der Waals surface area contributed by atoms with Crippen molar-refractivity contribution in [3.63, 3.8) is 0 Å². The van der Waals surface area contributed by atoms with Crippen molar-refractivity contribution in [1.82, 2.24) is 0 Å². The molecule has 0 saturated carbocycles. The van der Waals surface area contributed by atoms with Gasteiger partial charge in [-0.3, -0.25) is 4.79 Å². The number of hydrogen-bond donors (Lipinski definition) is 0. The molecule has 0 aromatic rings. The van der Waals surface area contributed by atoms with Gasteiger partial charge in [0.05, 0.1) is 6.61 Å². The highest BCUT2D eigenvalue weighted by molar-refractivity contribution is 9.09. The van der Waals surface area contributed by atoms with E-state index in [0.29, 0.717) is 13.0 Å². The van der Waals surface area contributed by atoms with Gasteiger partial charge in [0.1, 0.15) is 0 Å². The zero-order valence-corrected chi connectivity index (χ0v) is 18.6. The van der Waals surface area contributed by atoms with E-state index in [2.05, 4.69) is 29.8 Å². The Hall–Kier alpha value is -0.0500. The van der Waals surface area contributed by atoms with Crippen molar-refractivity contribution in [2.24, 2.45) is 5.92 Å². The van der Waals surface area contributed by atoms with Crippen molar-refractivity contribution in [3.05, 3.63) is 0 Å². The standard InChI is InChI=1S/C22H43BrO2/c1-3-5-11-15-21(16-12-6-4-2)17-18-22(24)25-20-14-10-8-7-9-13-19-23/h21H,3-20H2,1-2H3. The molecular formula is C22H43BrO2. The van der Waals surface area contributed by atoms with Crippen LogP contribution in [0.25, 0.3) is 0 Å². The van der Waals surface area contributed by atoms with Gasteiger partial charge in [-0.15, -0.1) is 0 Å². The Morgan fingerprint density at radius 1 is 0.760 bits per heavy atom. The molecule has 2 nitrogen and oxygen atoms in total. The lowest BCUT2D eigenvalue weighted by Crippen LogP contribution is -2.09. The van der Waals surface area contributed by atoms with Gasteiger partial charge in [-0.25, -0.2) is 0 Å². The topological polar surface area (TPSA) is 26.3 Å². The summed E-state index contributed by atoms with van der Waals surface area (Å²) in [5.41, 5.74) is 0. The molecule has 0 amide bonds. The van der Waals surface area contributed by atoms with Gasteiger partial charge in [-0.1, -0.05) is 107 Å². The molecule has 0 radical (unpaired) electrons. The Bertz CT molecular complexity index is 271. The Morgan fingerprint density at radius 3 is 1.88 bits per heavy atom. The fourth-order valence-electron chi connectivity index (χ4n) is 3.28. The van der Waals surface area contributed by atoms with Crippen molar-refractivity contribution in [2.75, 3.05) is 11.9 Å². The van der Waals surface area contributed by atoms with E-state index >= 15 is 0 Å². The highest BCUT2D eigenvalue weighted by atomic mass is 79.9. The van der Waals surface area contributed by atoms with Crippen LogP contribution in [0.3, 0.4) is 0 Å². The third kappa shape index (κ3) is 18.5. The molecule has 0 unspecified atom stereocenters. The zero-order chi connectivity index (χ0) is 18.6. The predicted octanol–water partition coefficient (Wildman–Crippen LogP) is 7.82. The second-order valence-electron chi connectivity index (χ2n) is 7.43. The Balaban J connectivity index is 3.70. The van der Waals surface area contributed by atoms with Gasteiger partial charge < -0.3 is 4.74 Å². The minimum absolute atomic E-state index is 0.0234. The van der Waals surface area contributed by atoms with E-state index in [0.717, 1.165) is 24.1 Å². The van der Waals surface area contributed by atoms with Gasteiger partial charge in [0.15, 0.2) is 0 Å². The van der Waals surface area contributed by atoms with Crippen LogP contribution in [0.15, 0.2) is 0 Å². The molecule has 0 atom stereocenters. The average molecular weight is 419 g/mol. The lowest BCUT2D eigenvalue weighted by Gasteiger charge is -2.16. The smallest absolute Gasteiger partial charge is 0.305 e. The molecule has 0 aliphatic rings. The van der Waals surface area contributed by atoms with E-state index < -0.39 is 0 Å². The van der Waals surface area contributed by atoms with Crippen LogP contribution >= 0.6 is 15.9 Å². The molecule has 0 heterocycles. The van der Waals surface area contributed by atoms with Gasteiger partial charge in [-0.2, -0.15) is 0 Å². The summed E-state index contributed by atoms with van der Waals surface area (Å²) in [5, 5.41) is 1.11. The highest BCUT2D eigenvalue weighted by Crippen LogP contribution is 2.22. The van der Waals surface area contributed by atoms with E-state index in [1.54, 1.807) is 0 Å². The maximum absolute atomic E-state index is 12.0. The summed E-state index contributed by atoms with van der Waals surface area (Å²) in [7, 11) is 0. The first-order chi connectivity index (χ1) is 12.2. The van der Waals surface area contributed by atoms with Crippen LogP contribution in [-0.4, -0.2) is 17.9 Å². The fourth-order valence-corrected chi connectivity index (χ4v) is 3.68.